The highest BCUT2D eigenvalue weighted by Gasteiger charge is 2.36. The lowest BCUT2D eigenvalue weighted by Crippen LogP contribution is -2.57. The van der Waals surface area contributed by atoms with E-state index in [1.54, 1.807) is 65.8 Å². The molecule has 18 nitrogen and oxygen atoms in total. The summed E-state index contributed by atoms with van der Waals surface area (Å²) in [6.07, 6.45) is 9.88. The van der Waals surface area contributed by atoms with Gasteiger partial charge in [-0.05, 0) is 138 Å². The molecule has 0 bridgehead atoms. The maximum absolute atomic E-state index is 14.1. The van der Waals surface area contributed by atoms with E-state index < -0.39 is 77.4 Å². The van der Waals surface area contributed by atoms with Crippen molar-refractivity contribution in [1.29, 1.82) is 0 Å². The minimum atomic E-state index is -1.04. The first kappa shape index (κ1) is 65.2. The highest BCUT2D eigenvalue weighted by Crippen LogP contribution is 2.36. The van der Waals surface area contributed by atoms with E-state index in [1.165, 1.54) is 23.5 Å². The number of esters is 1. The normalized spacial score (nSPS) is 17.2. The fraction of sp³-hybridized carbons (Fsp3) is 0.696. The third kappa shape index (κ3) is 23.2. The number of aliphatic hydroxyl groups excluding tert-OH is 1. The third-order valence-electron chi connectivity index (χ3n) is 13.1. The number of amides is 6. The van der Waals surface area contributed by atoms with Crippen LogP contribution in [-0.4, -0.2) is 131 Å². The van der Waals surface area contributed by atoms with Crippen LogP contribution in [0.1, 0.15) is 157 Å². The number of aliphatic imine (C=N–C) groups is 1. The number of ketones is 1. The number of unbranched alkanes of at least 4 members (excludes halogenated alkanes) is 1. The molecule has 1 fully saturated rings. The second-order valence-electron chi connectivity index (χ2n) is 22.5. The van der Waals surface area contributed by atoms with E-state index >= 15 is 0 Å². The van der Waals surface area contributed by atoms with Crippen molar-refractivity contribution < 1.29 is 52.9 Å². The number of alkyl carbamates (subject to hydrolysis) is 1. The number of hydrogen-bond acceptors (Lipinski definition) is 14. The van der Waals surface area contributed by atoms with Crippen molar-refractivity contribution >= 4 is 76.6 Å². The molecule has 6 amide bonds. The van der Waals surface area contributed by atoms with Crippen LogP contribution in [0.15, 0.2) is 40.6 Å². The van der Waals surface area contributed by atoms with Crippen molar-refractivity contribution in [3.8, 4) is 0 Å². The molecule has 2 aliphatic rings. The maximum Gasteiger partial charge on any atom is 0.408 e. The van der Waals surface area contributed by atoms with E-state index in [2.05, 4.69) is 36.9 Å². The lowest BCUT2D eigenvalue weighted by Gasteiger charge is -2.29. The van der Waals surface area contributed by atoms with Gasteiger partial charge in [0.1, 0.15) is 47.7 Å². The second kappa shape index (κ2) is 31.9. The quantitative estimate of drug-likeness (QED) is 0.0238. The molecule has 20 heteroatoms. The summed E-state index contributed by atoms with van der Waals surface area (Å²) in [6.45, 7) is 18.5. The lowest BCUT2D eigenvalue weighted by molar-refractivity contribution is -0.155. The molecule has 3 rings (SSSR count). The smallest absolute Gasteiger partial charge is 0.408 e. The third-order valence-corrected chi connectivity index (χ3v) is 14.4. The molecule has 76 heavy (non-hydrogen) atoms. The zero-order valence-electron chi connectivity index (χ0n) is 47.2. The Bertz CT molecular complexity index is 2190. The van der Waals surface area contributed by atoms with Gasteiger partial charge in [-0.15, -0.1) is 0 Å². The number of Topliss-reactive ketones (excluding diaryl/α,β-unsaturated/α-hetero) is 1. The van der Waals surface area contributed by atoms with Gasteiger partial charge in [-0.3, -0.25) is 33.8 Å². The van der Waals surface area contributed by atoms with E-state index in [9.17, 15) is 43.5 Å². The predicted octanol–water partition coefficient (Wildman–Crippen LogP) is 7.20. The van der Waals surface area contributed by atoms with Gasteiger partial charge in [0.25, 0.3) is 0 Å². The molecule has 1 saturated carbocycles. The van der Waals surface area contributed by atoms with E-state index in [1.807, 2.05) is 40.2 Å². The van der Waals surface area contributed by atoms with Gasteiger partial charge in [-0.1, -0.05) is 72.2 Å². The average Bonchev–Trinajstić information content (AvgIpc) is 3.32. The van der Waals surface area contributed by atoms with Crippen molar-refractivity contribution in [2.75, 3.05) is 30.6 Å². The molecule has 1 aromatic rings. The summed E-state index contributed by atoms with van der Waals surface area (Å²) in [5.74, 6) is -2.53. The average molecular weight is 1100 g/mol. The number of hydrogen-bond donors (Lipinski definition) is 7. The fourth-order valence-electron chi connectivity index (χ4n) is 8.97. The van der Waals surface area contributed by atoms with Crippen LogP contribution < -0.4 is 31.9 Å². The number of benzene rings is 1. The zero-order valence-corrected chi connectivity index (χ0v) is 48.9. The Hall–Kier alpha value is -5.11. The number of thioether (sulfide) groups is 2. The summed E-state index contributed by atoms with van der Waals surface area (Å²) in [5.41, 5.74) is 1.08. The number of carbonyl (C=O) groups excluding carboxylic acids is 8. The van der Waals surface area contributed by atoms with Gasteiger partial charge >= 0.3 is 12.1 Å². The zero-order chi connectivity index (χ0) is 56.8. The Morgan fingerprint density at radius 1 is 0.724 bits per heavy atom. The molecule has 0 unspecified atom stereocenters. The SMILES string of the molecule is CSCC[C@H](NC(=O)Cc1ccc(CNC(=O)[C@@H](NC(=O)[C@H](CCSC)NC(=O)OC(C)(C)C)C(C)C)cc1)C(=O)N[C@H](C(=O)N[C@@H](CCCCN=C(C)C1=C(O)CC(C)(C)CC1=O)C(=O)OC1CCCCC1)C(C)C. The minimum Gasteiger partial charge on any atom is -0.511 e. The number of rotatable bonds is 29. The molecule has 0 saturated heterocycles. The van der Waals surface area contributed by atoms with Crippen molar-refractivity contribution in [2.45, 2.75) is 201 Å². The number of aliphatic hydroxyl groups is 1. The van der Waals surface area contributed by atoms with Crippen LogP contribution in [0.5, 0.6) is 0 Å². The Morgan fingerprint density at radius 3 is 1.82 bits per heavy atom. The van der Waals surface area contributed by atoms with Crippen LogP contribution >= 0.6 is 23.5 Å². The van der Waals surface area contributed by atoms with Gasteiger partial charge in [-0.2, -0.15) is 23.5 Å². The van der Waals surface area contributed by atoms with Gasteiger partial charge in [0.2, 0.25) is 29.5 Å². The van der Waals surface area contributed by atoms with Gasteiger partial charge in [0.15, 0.2) is 5.78 Å². The number of nitrogens with zero attached hydrogens (tertiary/aromatic N) is 1. The molecule has 7 N–H and O–H groups in total. The topological polar surface area (TPSA) is 260 Å². The summed E-state index contributed by atoms with van der Waals surface area (Å²) in [5, 5.41) is 27.6. The summed E-state index contributed by atoms with van der Waals surface area (Å²) in [6, 6.07) is 2.28. The Kier molecular flexibility index (Phi) is 27.4. The van der Waals surface area contributed by atoms with Gasteiger partial charge < -0.3 is 46.5 Å². The Morgan fingerprint density at radius 2 is 1.28 bits per heavy atom. The molecular weight excluding hydrogens is 1010 g/mol. The first-order valence-electron chi connectivity index (χ1n) is 26.9. The highest BCUT2D eigenvalue weighted by atomic mass is 32.2. The van der Waals surface area contributed by atoms with Crippen LogP contribution in [0.4, 0.5) is 4.79 Å². The van der Waals surface area contributed by atoms with Gasteiger partial charge in [0, 0.05) is 31.6 Å². The molecule has 0 spiro atoms. The number of ether oxygens (including phenoxy) is 2. The highest BCUT2D eigenvalue weighted by molar-refractivity contribution is 7.98. The molecule has 5 atom stereocenters. The first-order chi connectivity index (χ1) is 35.7. The number of nitrogens with one attached hydrogen (secondary N) is 6. The summed E-state index contributed by atoms with van der Waals surface area (Å²) >= 11 is 3.03. The fourth-order valence-corrected chi connectivity index (χ4v) is 9.91. The van der Waals surface area contributed by atoms with E-state index in [0.29, 0.717) is 67.9 Å². The van der Waals surface area contributed by atoms with Crippen LogP contribution in [0.2, 0.25) is 0 Å². The molecular formula is C56H89N7O11S2. The van der Waals surface area contributed by atoms with E-state index in [-0.39, 0.29) is 59.9 Å². The van der Waals surface area contributed by atoms with Crippen LogP contribution in [-0.2, 0) is 56.0 Å². The molecule has 0 aliphatic heterocycles. The summed E-state index contributed by atoms with van der Waals surface area (Å²) < 4.78 is 11.3. The van der Waals surface area contributed by atoms with E-state index in [0.717, 1.165) is 37.7 Å². The molecule has 1 aromatic carbocycles. The molecule has 2 aliphatic carbocycles. The lowest BCUT2D eigenvalue weighted by atomic mass is 9.76. The predicted molar refractivity (Wildman–Crippen MR) is 301 cm³/mol. The minimum absolute atomic E-state index is 0.0489. The van der Waals surface area contributed by atoms with Crippen LogP contribution in [0.25, 0.3) is 0 Å². The Labute approximate surface area is 460 Å². The van der Waals surface area contributed by atoms with Crippen molar-refractivity contribution in [3.05, 3.63) is 46.7 Å². The summed E-state index contributed by atoms with van der Waals surface area (Å²) in [4.78, 5) is 112. The standard InChI is InChI=1S/C56H89N7O11S2/c1-34(2)47(62-50(68)41(26-29-76-12)61-54(72)74-55(6,7)8)51(69)58-33-38-23-21-37(22-24-38)30-45(66)59-40(25-28-75-11)49(67)63-48(35(3)4)52(70)60-42(53(71)73-39-18-14-13-15-19-39)20-16-17-27-57-36(5)46-43(64)31-56(9,10)32-44(46)65/h21-24,34-35,39-42,47-48,64H,13-20,25-33H2,1-12H3,(H,58,69)(H,59,66)(H,60,70)(H,61,72)(H,62,68)(H,63,67)/t40-,41-,42-,47-,48-/m0/s1. The monoisotopic (exact) mass is 1100 g/mol. The number of carbonyl (C=O) groups is 8. The number of allylic oxidation sites excluding steroid dienone is 2. The molecule has 0 heterocycles. The first-order valence-corrected chi connectivity index (χ1v) is 29.7. The van der Waals surface area contributed by atoms with Crippen LogP contribution in [0, 0.1) is 17.3 Å². The van der Waals surface area contributed by atoms with Gasteiger partial charge in [0.05, 0.1) is 12.0 Å². The van der Waals surface area contributed by atoms with Crippen LogP contribution in [0.3, 0.4) is 0 Å². The Balaban J connectivity index is 1.63. The molecule has 426 valence electrons. The second-order valence-corrected chi connectivity index (χ2v) is 24.5. The maximum atomic E-state index is 14.1. The van der Waals surface area contributed by atoms with Crippen molar-refractivity contribution in [3.63, 3.8) is 0 Å². The van der Waals surface area contributed by atoms with Crippen molar-refractivity contribution in [1.82, 2.24) is 31.9 Å². The van der Waals surface area contributed by atoms with Crippen molar-refractivity contribution in [2.24, 2.45) is 22.2 Å². The molecule has 0 aromatic heterocycles. The molecule has 0 radical (unpaired) electrons. The largest absolute Gasteiger partial charge is 0.511 e. The van der Waals surface area contributed by atoms with Gasteiger partial charge in [-0.25, -0.2) is 9.59 Å². The summed E-state index contributed by atoms with van der Waals surface area (Å²) in [7, 11) is 0. The van der Waals surface area contributed by atoms with E-state index in [4.69, 9.17) is 9.47 Å².